The molecular formula is C25H34N2O4. The SMILES string of the molecule is CC[C@H](C)C(=O)N[C@H]1C[C@@]2(O)[C@H]3Cc4ccc(O)cc4[C@@]2(CCN3CC2CC2)CC1=O. The van der Waals surface area contributed by atoms with Crippen LogP contribution >= 0.6 is 0 Å². The maximum atomic E-state index is 13.3. The fraction of sp³-hybridized carbons (Fsp3) is 0.680. The van der Waals surface area contributed by atoms with Crippen molar-refractivity contribution in [3.05, 3.63) is 29.3 Å². The summed E-state index contributed by atoms with van der Waals surface area (Å²) in [6.07, 6.45) is 5.08. The minimum absolute atomic E-state index is 0.00749. The second-order valence-corrected chi connectivity index (χ2v) is 10.5. The normalized spacial score (nSPS) is 35.8. The summed E-state index contributed by atoms with van der Waals surface area (Å²) in [7, 11) is 0. The number of phenols is 1. The molecular weight excluding hydrogens is 392 g/mol. The van der Waals surface area contributed by atoms with Gasteiger partial charge in [-0.25, -0.2) is 0 Å². The summed E-state index contributed by atoms with van der Waals surface area (Å²) in [5, 5.41) is 25.5. The van der Waals surface area contributed by atoms with E-state index in [0.717, 1.165) is 24.2 Å². The molecule has 2 saturated carbocycles. The highest BCUT2D eigenvalue weighted by atomic mass is 16.3. The standard InChI is InChI=1S/C25H34N2O4/c1-3-15(2)23(30)26-20-12-25(31)22-10-17-6-7-18(28)11-19(17)24(25,13-21(20)29)8-9-27(22)14-16-4-5-16/h6-7,11,15-16,20,22,28,31H,3-5,8-10,12-14H2,1-2H3,(H,26,30)/t15-,20-,22+,24+,25+/m0/s1. The summed E-state index contributed by atoms with van der Waals surface area (Å²) in [4.78, 5) is 28.3. The van der Waals surface area contributed by atoms with Crippen molar-refractivity contribution in [2.45, 2.75) is 81.9 Å². The summed E-state index contributed by atoms with van der Waals surface area (Å²) in [5.74, 6) is 0.604. The Morgan fingerprint density at radius 1 is 1.35 bits per heavy atom. The lowest BCUT2D eigenvalue weighted by Crippen LogP contribution is -2.76. The number of benzene rings is 1. The Hall–Kier alpha value is -1.92. The highest BCUT2D eigenvalue weighted by Gasteiger charge is 2.66. The van der Waals surface area contributed by atoms with Gasteiger partial charge in [0.25, 0.3) is 0 Å². The molecule has 1 aliphatic heterocycles. The van der Waals surface area contributed by atoms with Gasteiger partial charge in [0.05, 0.1) is 11.6 Å². The van der Waals surface area contributed by atoms with Gasteiger partial charge < -0.3 is 15.5 Å². The summed E-state index contributed by atoms with van der Waals surface area (Å²) in [5.41, 5.74) is 0.251. The van der Waals surface area contributed by atoms with Crippen LogP contribution < -0.4 is 5.32 Å². The number of likely N-dealkylation sites (tertiary alicyclic amines) is 1. The number of carbonyl (C=O) groups excluding carboxylic acids is 2. The van der Waals surface area contributed by atoms with Gasteiger partial charge in [-0.1, -0.05) is 19.9 Å². The monoisotopic (exact) mass is 426 g/mol. The molecule has 5 atom stereocenters. The van der Waals surface area contributed by atoms with Crippen molar-refractivity contribution >= 4 is 11.7 Å². The number of carbonyl (C=O) groups is 2. The third-order valence-corrected chi connectivity index (χ3v) is 8.61. The number of rotatable bonds is 5. The molecule has 3 aliphatic carbocycles. The van der Waals surface area contributed by atoms with Crippen LogP contribution in [-0.4, -0.2) is 57.6 Å². The molecule has 3 fully saturated rings. The number of fused-ring (bicyclic) bond motifs is 1. The molecule has 1 amide bonds. The van der Waals surface area contributed by atoms with E-state index in [1.807, 2.05) is 19.9 Å². The number of hydrogen-bond donors (Lipinski definition) is 3. The molecule has 6 heteroatoms. The predicted molar refractivity (Wildman–Crippen MR) is 117 cm³/mol. The second kappa shape index (κ2) is 7.31. The lowest BCUT2D eigenvalue weighted by atomic mass is 9.48. The minimum atomic E-state index is -1.11. The van der Waals surface area contributed by atoms with E-state index in [-0.39, 0.29) is 42.2 Å². The van der Waals surface area contributed by atoms with Gasteiger partial charge in [0.15, 0.2) is 5.78 Å². The van der Waals surface area contributed by atoms with Crippen LogP contribution in [0.5, 0.6) is 5.75 Å². The lowest BCUT2D eigenvalue weighted by molar-refractivity contribution is -0.178. The number of Topliss-reactive ketones (excluding diaryl/α,β-unsaturated/α-hetero) is 1. The van der Waals surface area contributed by atoms with Gasteiger partial charge in [0, 0.05) is 36.8 Å². The van der Waals surface area contributed by atoms with Crippen molar-refractivity contribution in [1.82, 2.24) is 10.2 Å². The van der Waals surface area contributed by atoms with Crippen LogP contribution in [0.1, 0.15) is 63.5 Å². The Morgan fingerprint density at radius 3 is 2.84 bits per heavy atom. The Bertz CT molecular complexity index is 913. The molecule has 1 heterocycles. The zero-order valence-electron chi connectivity index (χ0n) is 18.6. The Morgan fingerprint density at radius 2 is 2.13 bits per heavy atom. The second-order valence-electron chi connectivity index (χ2n) is 10.5. The molecule has 2 bridgehead atoms. The van der Waals surface area contributed by atoms with Crippen molar-refractivity contribution < 1.29 is 19.8 Å². The summed E-state index contributed by atoms with van der Waals surface area (Å²) in [6.45, 7) is 5.68. The molecule has 1 aromatic carbocycles. The first-order chi connectivity index (χ1) is 14.8. The number of amides is 1. The number of piperidine rings is 1. The topological polar surface area (TPSA) is 89.9 Å². The molecule has 5 rings (SSSR count). The summed E-state index contributed by atoms with van der Waals surface area (Å²) >= 11 is 0. The van der Waals surface area contributed by atoms with Gasteiger partial charge in [-0.2, -0.15) is 0 Å². The van der Waals surface area contributed by atoms with E-state index in [9.17, 15) is 19.8 Å². The first-order valence-electron chi connectivity index (χ1n) is 11.9. The fourth-order valence-corrected chi connectivity index (χ4v) is 6.39. The molecule has 0 radical (unpaired) electrons. The van der Waals surface area contributed by atoms with E-state index >= 15 is 0 Å². The van der Waals surface area contributed by atoms with Crippen LogP contribution in [0, 0.1) is 11.8 Å². The van der Waals surface area contributed by atoms with Crippen molar-refractivity contribution in [2.24, 2.45) is 11.8 Å². The van der Waals surface area contributed by atoms with Gasteiger partial charge in [-0.05, 0) is 67.8 Å². The molecule has 4 aliphatic rings. The van der Waals surface area contributed by atoms with Gasteiger partial charge in [0.2, 0.25) is 5.91 Å². The van der Waals surface area contributed by atoms with Crippen molar-refractivity contribution in [3.8, 4) is 5.75 Å². The first kappa shape index (κ1) is 21.0. The molecule has 31 heavy (non-hydrogen) atoms. The summed E-state index contributed by atoms with van der Waals surface area (Å²) < 4.78 is 0. The third-order valence-electron chi connectivity index (χ3n) is 8.61. The Labute approximate surface area is 184 Å². The molecule has 1 saturated heterocycles. The maximum absolute atomic E-state index is 13.3. The number of aliphatic hydroxyl groups is 1. The van der Waals surface area contributed by atoms with Crippen LogP contribution in [0.25, 0.3) is 0 Å². The molecule has 0 unspecified atom stereocenters. The number of aromatic hydroxyl groups is 1. The molecule has 0 aromatic heterocycles. The smallest absolute Gasteiger partial charge is 0.223 e. The third kappa shape index (κ3) is 3.21. The molecule has 6 nitrogen and oxygen atoms in total. The van der Waals surface area contributed by atoms with E-state index in [0.29, 0.717) is 25.2 Å². The fourth-order valence-electron chi connectivity index (χ4n) is 6.39. The lowest BCUT2D eigenvalue weighted by Gasteiger charge is -2.64. The van der Waals surface area contributed by atoms with Crippen molar-refractivity contribution in [3.63, 3.8) is 0 Å². The zero-order valence-corrected chi connectivity index (χ0v) is 18.6. The zero-order chi connectivity index (χ0) is 22.0. The van der Waals surface area contributed by atoms with E-state index < -0.39 is 17.1 Å². The Kier molecular flexibility index (Phi) is 4.94. The first-order valence-corrected chi connectivity index (χ1v) is 11.9. The van der Waals surface area contributed by atoms with Gasteiger partial charge in [0.1, 0.15) is 5.75 Å². The van der Waals surface area contributed by atoms with Gasteiger partial charge in [-0.3, -0.25) is 14.5 Å². The predicted octanol–water partition coefficient (Wildman–Crippen LogP) is 2.30. The van der Waals surface area contributed by atoms with Crippen LogP contribution in [-0.2, 0) is 21.4 Å². The average Bonchev–Trinajstić information content (AvgIpc) is 3.55. The van der Waals surface area contributed by atoms with Gasteiger partial charge in [-0.15, -0.1) is 0 Å². The molecule has 3 N–H and O–H groups in total. The van der Waals surface area contributed by atoms with Gasteiger partial charge >= 0.3 is 0 Å². The molecule has 0 spiro atoms. The number of phenolic OH excluding ortho intramolecular Hbond substituents is 1. The van der Waals surface area contributed by atoms with Crippen molar-refractivity contribution in [2.75, 3.05) is 13.1 Å². The van der Waals surface area contributed by atoms with E-state index in [1.165, 1.54) is 12.8 Å². The quantitative estimate of drug-likeness (QED) is 0.672. The molecule has 1 aromatic rings. The number of nitrogens with zero attached hydrogens (tertiary/aromatic N) is 1. The number of nitrogens with one attached hydrogen (secondary N) is 1. The van der Waals surface area contributed by atoms with Crippen LogP contribution in [0.4, 0.5) is 0 Å². The maximum Gasteiger partial charge on any atom is 0.223 e. The largest absolute Gasteiger partial charge is 0.508 e. The van der Waals surface area contributed by atoms with Crippen LogP contribution in [0.3, 0.4) is 0 Å². The highest BCUT2D eigenvalue weighted by Crippen LogP contribution is 2.58. The number of hydrogen-bond acceptors (Lipinski definition) is 5. The van der Waals surface area contributed by atoms with E-state index in [1.54, 1.807) is 12.1 Å². The van der Waals surface area contributed by atoms with Crippen molar-refractivity contribution in [1.29, 1.82) is 0 Å². The van der Waals surface area contributed by atoms with E-state index in [4.69, 9.17) is 0 Å². The summed E-state index contributed by atoms with van der Waals surface area (Å²) in [6, 6.07) is 4.71. The van der Waals surface area contributed by atoms with Crippen LogP contribution in [0.2, 0.25) is 0 Å². The molecule has 168 valence electrons. The average molecular weight is 427 g/mol. The Balaban J connectivity index is 1.54. The minimum Gasteiger partial charge on any atom is -0.508 e. The van der Waals surface area contributed by atoms with Crippen LogP contribution in [0.15, 0.2) is 18.2 Å². The number of ketones is 1. The highest BCUT2D eigenvalue weighted by molar-refractivity contribution is 5.92. The van der Waals surface area contributed by atoms with E-state index in [2.05, 4.69) is 10.2 Å².